The number of hydrogen-bond acceptors (Lipinski definition) is 6. The molecule has 7 nitrogen and oxygen atoms in total. The third-order valence-electron chi connectivity index (χ3n) is 4.40. The van der Waals surface area contributed by atoms with Crippen LogP contribution in [0, 0.1) is 6.92 Å². The number of hydrogen-bond donors (Lipinski definition) is 3. The Morgan fingerprint density at radius 3 is 2.75 bits per heavy atom. The molecule has 1 saturated heterocycles. The quantitative estimate of drug-likeness (QED) is 0.374. The predicted octanol–water partition coefficient (Wildman–Crippen LogP) is 2.83. The van der Waals surface area contributed by atoms with Gasteiger partial charge < -0.3 is 5.32 Å². The van der Waals surface area contributed by atoms with E-state index in [9.17, 15) is 4.79 Å². The van der Waals surface area contributed by atoms with Gasteiger partial charge in [0.1, 0.15) is 0 Å². The average Bonchev–Trinajstić information content (AvgIpc) is 3.08. The maximum atomic E-state index is 11.0. The first kappa shape index (κ1) is 23.8. The van der Waals surface area contributed by atoms with Crippen molar-refractivity contribution in [2.24, 2.45) is 0 Å². The first-order chi connectivity index (χ1) is 12.6. The van der Waals surface area contributed by atoms with E-state index < -0.39 is 5.91 Å². The van der Waals surface area contributed by atoms with Gasteiger partial charge >= 0.3 is 0 Å². The molecule has 1 aromatic heterocycles. The first-order valence-electron chi connectivity index (χ1n) is 8.62. The summed E-state index contributed by atoms with van der Waals surface area (Å²) in [5.41, 5.74) is 4.37. The molecule has 0 spiro atoms. The van der Waals surface area contributed by atoms with Gasteiger partial charge in [-0.05, 0) is 25.0 Å². The van der Waals surface area contributed by atoms with Crippen LogP contribution in [-0.4, -0.2) is 45.1 Å². The van der Waals surface area contributed by atoms with E-state index in [2.05, 4.69) is 44.5 Å². The number of nitrogens with one attached hydrogen (secondary N) is 2. The summed E-state index contributed by atoms with van der Waals surface area (Å²) in [5, 5.41) is 11.9. The molecule has 1 aromatic carbocycles. The Bertz CT molecular complexity index is 789. The number of aromatic nitrogens is 2. The molecule has 0 aliphatic carbocycles. The molecule has 1 atom stereocenters. The van der Waals surface area contributed by atoms with Gasteiger partial charge in [-0.15, -0.1) is 24.8 Å². The Hall–Kier alpha value is -2.19. The summed E-state index contributed by atoms with van der Waals surface area (Å²) in [4.78, 5) is 22.3. The fourth-order valence-electron chi connectivity index (χ4n) is 3.03. The third kappa shape index (κ3) is 6.76. The van der Waals surface area contributed by atoms with Crippen LogP contribution in [0.1, 0.15) is 23.2 Å². The number of likely N-dealkylation sites (tertiary alicyclic amines) is 1. The number of rotatable bonds is 6. The van der Waals surface area contributed by atoms with Gasteiger partial charge in [-0.1, -0.05) is 30.3 Å². The lowest BCUT2D eigenvalue weighted by atomic mass is 10.2. The fourth-order valence-corrected chi connectivity index (χ4v) is 3.03. The number of halogens is 2. The van der Waals surface area contributed by atoms with Gasteiger partial charge in [0, 0.05) is 43.5 Å². The monoisotopic (exact) mass is 425 g/mol. The molecule has 1 aliphatic rings. The number of carbonyl (C=O) groups is 1. The summed E-state index contributed by atoms with van der Waals surface area (Å²) in [6.07, 6.45) is 5.52. The minimum Gasteiger partial charge on any atom is -0.350 e. The molecule has 0 radical (unpaired) electrons. The van der Waals surface area contributed by atoms with Crippen LogP contribution in [0.5, 0.6) is 0 Å². The number of hydroxylamine groups is 1. The van der Waals surface area contributed by atoms with Crippen molar-refractivity contribution in [3.8, 4) is 0 Å². The minimum atomic E-state index is -0.587. The molecule has 0 bridgehead atoms. The number of aryl methyl sites for hydroxylation is 1. The molecule has 28 heavy (non-hydrogen) atoms. The summed E-state index contributed by atoms with van der Waals surface area (Å²) in [7, 11) is 0. The van der Waals surface area contributed by atoms with Gasteiger partial charge in [-0.3, -0.25) is 14.9 Å². The molecule has 0 saturated carbocycles. The molecule has 3 N–H and O–H groups in total. The molecular weight excluding hydrogens is 401 g/mol. The van der Waals surface area contributed by atoms with Crippen LogP contribution in [0.2, 0.25) is 0 Å². The zero-order valence-electron chi connectivity index (χ0n) is 15.5. The fraction of sp³-hybridized carbons (Fsp3) is 0.316. The highest BCUT2D eigenvalue weighted by molar-refractivity contribution is 5.90. The van der Waals surface area contributed by atoms with Crippen LogP contribution in [0.4, 0.5) is 5.95 Å². The standard InChI is InChI=1S/C19H23N5O2.2ClH/c1-14-16(7-8-18(25)23-26)11-20-19(21-14)22-17-9-10-24(13-17)12-15-5-3-2-4-6-15;;/h2-8,11,17,26H,9-10,12-13H2,1H3,(H,23,25)(H,20,21,22);2*1H. The Kier molecular flexibility index (Phi) is 9.89. The van der Waals surface area contributed by atoms with Crippen LogP contribution in [-0.2, 0) is 11.3 Å². The molecule has 152 valence electrons. The van der Waals surface area contributed by atoms with Crippen LogP contribution in [0.15, 0.2) is 42.6 Å². The van der Waals surface area contributed by atoms with Crippen molar-refractivity contribution in [3.05, 3.63) is 59.4 Å². The summed E-state index contributed by atoms with van der Waals surface area (Å²) in [6, 6.07) is 10.8. The Morgan fingerprint density at radius 1 is 1.32 bits per heavy atom. The molecule has 3 rings (SSSR count). The van der Waals surface area contributed by atoms with E-state index >= 15 is 0 Å². The molecular formula is C19H25Cl2N5O2. The lowest BCUT2D eigenvalue weighted by Gasteiger charge is -2.17. The minimum absolute atomic E-state index is 0. The summed E-state index contributed by atoms with van der Waals surface area (Å²) in [6.45, 7) is 4.81. The highest BCUT2D eigenvalue weighted by Crippen LogP contribution is 2.17. The lowest BCUT2D eigenvalue weighted by molar-refractivity contribution is -0.124. The molecule has 1 fully saturated rings. The molecule has 1 unspecified atom stereocenters. The summed E-state index contributed by atoms with van der Waals surface area (Å²) in [5.74, 6) is 0.00823. The van der Waals surface area contributed by atoms with Crippen molar-refractivity contribution in [3.63, 3.8) is 0 Å². The topological polar surface area (TPSA) is 90.4 Å². The summed E-state index contributed by atoms with van der Waals surface area (Å²) < 4.78 is 0. The van der Waals surface area contributed by atoms with Crippen LogP contribution >= 0.6 is 24.8 Å². The maximum absolute atomic E-state index is 11.0. The molecule has 1 amide bonds. The zero-order valence-corrected chi connectivity index (χ0v) is 17.2. The molecule has 2 heterocycles. The van der Waals surface area contributed by atoms with Crippen LogP contribution < -0.4 is 10.8 Å². The first-order valence-corrected chi connectivity index (χ1v) is 8.62. The normalized spacial score (nSPS) is 16.3. The summed E-state index contributed by atoms with van der Waals surface area (Å²) >= 11 is 0. The van der Waals surface area contributed by atoms with Gasteiger partial charge in [-0.2, -0.15) is 0 Å². The zero-order chi connectivity index (χ0) is 18.4. The second-order valence-electron chi connectivity index (χ2n) is 6.39. The molecule has 1 aliphatic heterocycles. The highest BCUT2D eigenvalue weighted by atomic mass is 35.5. The van der Waals surface area contributed by atoms with E-state index in [1.165, 1.54) is 11.6 Å². The van der Waals surface area contributed by atoms with Crippen molar-refractivity contribution in [2.45, 2.75) is 25.9 Å². The van der Waals surface area contributed by atoms with Crippen LogP contribution in [0.3, 0.4) is 0 Å². The maximum Gasteiger partial charge on any atom is 0.267 e. The third-order valence-corrected chi connectivity index (χ3v) is 4.40. The van der Waals surface area contributed by atoms with Gasteiger partial charge in [0.2, 0.25) is 5.95 Å². The van der Waals surface area contributed by atoms with E-state index in [-0.39, 0.29) is 24.8 Å². The van der Waals surface area contributed by atoms with E-state index in [1.807, 2.05) is 13.0 Å². The Morgan fingerprint density at radius 2 is 2.07 bits per heavy atom. The second-order valence-corrected chi connectivity index (χ2v) is 6.39. The van der Waals surface area contributed by atoms with Crippen LogP contribution in [0.25, 0.3) is 6.08 Å². The van der Waals surface area contributed by atoms with E-state index in [0.717, 1.165) is 37.3 Å². The van der Waals surface area contributed by atoms with Crippen molar-refractivity contribution in [1.82, 2.24) is 20.3 Å². The van der Waals surface area contributed by atoms with Gasteiger partial charge in [-0.25, -0.2) is 15.4 Å². The smallest absolute Gasteiger partial charge is 0.267 e. The van der Waals surface area contributed by atoms with Gasteiger partial charge in [0.05, 0.1) is 5.69 Å². The predicted molar refractivity (Wildman–Crippen MR) is 114 cm³/mol. The molecule has 9 heteroatoms. The van der Waals surface area contributed by atoms with E-state index in [4.69, 9.17) is 5.21 Å². The highest BCUT2D eigenvalue weighted by Gasteiger charge is 2.23. The van der Waals surface area contributed by atoms with Crippen molar-refractivity contribution in [1.29, 1.82) is 0 Å². The molecule has 2 aromatic rings. The van der Waals surface area contributed by atoms with E-state index in [0.29, 0.717) is 12.0 Å². The van der Waals surface area contributed by atoms with Crippen molar-refractivity contribution in [2.75, 3.05) is 18.4 Å². The Balaban J connectivity index is 0.00000196. The van der Waals surface area contributed by atoms with Crippen molar-refractivity contribution < 1.29 is 10.0 Å². The van der Waals surface area contributed by atoms with Gasteiger partial charge in [0.15, 0.2) is 0 Å². The van der Waals surface area contributed by atoms with E-state index in [1.54, 1.807) is 17.8 Å². The Labute approximate surface area is 177 Å². The average molecular weight is 426 g/mol. The van der Waals surface area contributed by atoms with Gasteiger partial charge in [0.25, 0.3) is 5.91 Å². The number of nitrogens with zero attached hydrogens (tertiary/aromatic N) is 3. The second kappa shape index (κ2) is 11.6. The number of carbonyl (C=O) groups excluding carboxylic acids is 1. The SMILES string of the molecule is Cc1nc(NC2CCN(Cc3ccccc3)C2)ncc1C=CC(=O)NO.Cl.Cl. The lowest BCUT2D eigenvalue weighted by Crippen LogP contribution is -2.26. The number of amides is 1. The largest absolute Gasteiger partial charge is 0.350 e. The number of anilines is 1. The van der Waals surface area contributed by atoms with Crippen molar-refractivity contribution >= 4 is 42.7 Å². The number of benzene rings is 1.